The SMILES string of the molecule is CS(=O)(=O)c1cccc(NC(=O)CNC(=O)CC23CC4CC(CC(C4)C2)C3)c1. The van der Waals surface area contributed by atoms with Crippen LogP contribution >= 0.6 is 0 Å². The zero-order valence-electron chi connectivity index (χ0n) is 16.2. The van der Waals surface area contributed by atoms with Crippen molar-refractivity contribution in [1.82, 2.24) is 5.32 Å². The maximum Gasteiger partial charge on any atom is 0.243 e. The Morgan fingerprint density at radius 1 is 1.04 bits per heavy atom. The highest BCUT2D eigenvalue weighted by atomic mass is 32.2. The van der Waals surface area contributed by atoms with Crippen LogP contribution < -0.4 is 10.6 Å². The Balaban J connectivity index is 1.29. The first kappa shape index (κ1) is 19.4. The van der Waals surface area contributed by atoms with Crippen LogP contribution in [-0.4, -0.2) is 33.0 Å². The molecule has 152 valence electrons. The first-order valence-electron chi connectivity index (χ1n) is 10.1. The van der Waals surface area contributed by atoms with Crippen molar-refractivity contribution in [1.29, 1.82) is 0 Å². The van der Waals surface area contributed by atoms with Crippen LogP contribution in [0.2, 0.25) is 0 Å². The van der Waals surface area contributed by atoms with E-state index < -0.39 is 9.84 Å². The lowest BCUT2D eigenvalue weighted by Crippen LogP contribution is -2.48. The number of carbonyl (C=O) groups excluding carboxylic acids is 2. The zero-order valence-corrected chi connectivity index (χ0v) is 17.1. The van der Waals surface area contributed by atoms with Gasteiger partial charge in [0.15, 0.2) is 9.84 Å². The van der Waals surface area contributed by atoms with Gasteiger partial charge in [0.25, 0.3) is 0 Å². The van der Waals surface area contributed by atoms with Crippen molar-refractivity contribution in [3.63, 3.8) is 0 Å². The Kier molecular flexibility index (Phi) is 4.98. The molecule has 0 aromatic heterocycles. The molecule has 0 radical (unpaired) electrons. The topological polar surface area (TPSA) is 92.3 Å². The van der Waals surface area contributed by atoms with E-state index in [0.29, 0.717) is 12.1 Å². The monoisotopic (exact) mass is 404 g/mol. The van der Waals surface area contributed by atoms with E-state index in [1.807, 2.05) is 0 Å². The first-order valence-corrected chi connectivity index (χ1v) is 12.0. The molecule has 0 saturated heterocycles. The number of sulfone groups is 1. The van der Waals surface area contributed by atoms with Crippen molar-refractivity contribution in [2.24, 2.45) is 23.2 Å². The predicted molar refractivity (Wildman–Crippen MR) is 106 cm³/mol. The molecule has 4 saturated carbocycles. The second-order valence-electron chi connectivity index (χ2n) is 9.22. The van der Waals surface area contributed by atoms with Crippen molar-refractivity contribution in [3.05, 3.63) is 24.3 Å². The molecular formula is C21H28N2O4S. The van der Waals surface area contributed by atoms with Crippen LogP contribution in [0.3, 0.4) is 0 Å². The second-order valence-corrected chi connectivity index (χ2v) is 11.2. The summed E-state index contributed by atoms with van der Waals surface area (Å²) in [5, 5.41) is 5.40. The molecular weight excluding hydrogens is 376 g/mol. The number of amides is 2. The molecule has 4 fully saturated rings. The quantitative estimate of drug-likeness (QED) is 0.763. The highest BCUT2D eigenvalue weighted by Gasteiger charge is 2.51. The molecule has 0 heterocycles. The lowest BCUT2D eigenvalue weighted by Gasteiger charge is -2.56. The van der Waals surface area contributed by atoms with E-state index in [0.717, 1.165) is 43.3 Å². The number of carbonyl (C=O) groups is 2. The van der Waals surface area contributed by atoms with Crippen LogP contribution in [0.15, 0.2) is 29.2 Å². The summed E-state index contributed by atoms with van der Waals surface area (Å²) in [5.74, 6) is 1.98. The summed E-state index contributed by atoms with van der Waals surface area (Å²) < 4.78 is 23.2. The van der Waals surface area contributed by atoms with Gasteiger partial charge in [-0.15, -0.1) is 0 Å². The van der Waals surface area contributed by atoms with Crippen molar-refractivity contribution >= 4 is 27.3 Å². The average Bonchev–Trinajstić information content (AvgIpc) is 2.58. The molecule has 28 heavy (non-hydrogen) atoms. The molecule has 4 aliphatic carbocycles. The summed E-state index contributed by atoms with van der Waals surface area (Å²) in [5.41, 5.74) is 0.558. The fraction of sp³-hybridized carbons (Fsp3) is 0.619. The minimum absolute atomic E-state index is 0.0537. The molecule has 0 aliphatic heterocycles. The molecule has 7 heteroatoms. The van der Waals surface area contributed by atoms with Crippen molar-refractivity contribution in [2.75, 3.05) is 18.1 Å². The standard InChI is InChI=1S/C21H28N2O4S/c1-28(26,27)18-4-2-3-17(8-18)23-20(25)13-22-19(24)12-21-9-14-5-15(10-21)7-16(6-14)11-21/h2-4,8,14-16H,5-7,9-13H2,1H3,(H,22,24)(H,23,25). The van der Waals surface area contributed by atoms with Crippen molar-refractivity contribution in [2.45, 2.75) is 49.8 Å². The van der Waals surface area contributed by atoms with Crippen LogP contribution in [0.5, 0.6) is 0 Å². The zero-order chi connectivity index (χ0) is 19.9. The van der Waals surface area contributed by atoms with Gasteiger partial charge < -0.3 is 10.6 Å². The third-order valence-electron chi connectivity index (χ3n) is 6.69. The minimum atomic E-state index is -3.33. The Morgan fingerprint density at radius 2 is 1.64 bits per heavy atom. The fourth-order valence-electron chi connectivity index (χ4n) is 6.10. The Bertz CT molecular complexity index is 858. The van der Waals surface area contributed by atoms with Gasteiger partial charge in [-0.05, 0) is 79.9 Å². The molecule has 1 aromatic rings. The molecule has 0 spiro atoms. The van der Waals surface area contributed by atoms with E-state index in [-0.39, 0.29) is 28.7 Å². The van der Waals surface area contributed by atoms with Gasteiger partial charge in [-0.25, -0.2) is 8.42 Å². The summed E-state index contributed by atoms with van der Waals surface area (Å²) in [4.78, 5) is 24.8. The fourth-order valence-corrected chi connectivity index (χ4v) is 6.76. The summed E-state index contributed by atoms with van der Waals surface area (Å²) in [6, 6.07) is 6.12. The number of nitrogens with one attached hydrogen (secondary N) is 2. The summed E-state index contributed by atoms with van der Waals surface area (Å²) in [7, 11) is -3.33. The molecule has 1 aromatic carbocycles. The Hall–Kier alpha value is -1.89. The smallest absolute Gasteiger partial charge is 0.243 e. The number of hydrogen-bond donors (Lipinski definition) is 2. The van der Waals surface area contributed by atoms with Gasteiger partial charge in [0.1, 0.15) is 0 Å². The lowest BCUT2D eigenvalue weighted by atomic mass is 9.49. The van der Waals surface area contributed by atoms with Gasteiger partial charge in [0, 0.05) is 18.4 Å². The highest BCUT2D eigenvalue weighted by molar-refractivity contribution is 7.90. The maximum atomic E-state index is 12.5. The van der Waals surface area contributed by atoms with Gasteiger partial charge in [-0.2, -0.15) is 0 Å². The van der Waals surface area contributed by atoms with E-state index >= 15 is 0 Å². The molecule has 2 N–H and O–H groups in total. The summed E-state index contributed by atoms with van der Waals surface area (Å²) >= 11 is 0. The highest BCUT2D eigenvalue weighted by Crippen LogP contribution is 2.61. The molecule has 5 rings (SSSR count). The third kappa shape index (κ3) is 4.24. The van der Waals surface area contributed by atoms with Crippen LogP contribution in [-0.2, 0) is 19.4 Å². The number of anilines is 1. The maximum absolute atomic E-state index is 12.5. The third-order valence-corrected chi connectivity index (χ3v) is 7.80. The molecule has 0 unspecified atom stereocenters. The van der Waals surface area contributed by atoms with Gasteiger partial charge in [0.05, 0.1) is 11.4 Å². The molecule has 6 nitrogen and oxygen atoms in total. The van der Waals surface area contributed by atoms with Gasteiger partial charge in [-0.1, -0.05) is 6.07 Å². The van der Waals surface area contributed by atoms with Crippen molar-refractivity contribution < 1.29 is 18.0 Å². The number of rotatable bonds is 6. The van der Waals surface area contributed by atoms with E-state index in [9.17, 15) is 18.0 Å². The number of hydrogen-bond acceptors (Lipinski definition) is 4. The summed E-state index contributed by atoms with van der Waals surface area (Å²) in [6.45, 7) is -0.103. The van der Waals surface area contributed by atoms with Crippen molar-refractivity contribution in [3.8, 4) is 0 Å². The molecule has 4 bridgehead atoms. The van der Waals surface area contributed by atoms with E-state index in [1.165, 1.54) is 31.4 Å². The average molecular weight is 405 g/mol. The Labute approximate surface area is 166 Å². The predicted octanol–water partition coefficient (Wildman–Crippen LogP) is 2.75. The number of benzene rings is 1. The minimum Gasteiger partial charge on any atom is -0.347 e. The second kappa shape index (κ2) is 7.17. The molecule has 4 aliphatic rings. The molecule has 2 amide bonds. The normalized spacial score (nSPS) is 30.8. The first-order chi connectivity index (χ1) is 13.2. The van der Waals surface area contributed by atoms with Gasteiger partial charge >= 0.3 is 0 Å². The van der Waals surface area contributed by atoms with Crippen LogP contribution in [0.25, 0.3) is 0 Å². The van der Waals surface area contributed by atoms with Gasteiger partial charge in [-0.3, -0.25) is 9.59 Å². The van der Waals surface area contributed by atoms with E-state index in [1.54, 1.807) is 12.1 Å². The summed E-state index contributed by atoms with van der Waals surface area (Å²) in [6.07, 6.45) is 9.16. The van der Waals surface area contributed by atoms with Gasteiger partial charge in [0.2, 0.25) is 11.8 Å². The van der Waals surface area contributed by atoms with E-state index in [4.69, 9.17) is 0 Å². The Morgan fingerprint density at radius 3 is 2.21 bits per heavy atom. The van der Waals surface area contributed by atoms with Crippen LogP contribution in [0.1, 0.15) is 44.9 Å². The lowest BCUT2D eigenvalue weighted by molar-refractivity contribution is -0.131. The molecule has 0 atom stereocenters. The van der Waals surface area contributed by atoms with Crippen LogP contribution in [0.4, 0.5) is 5.69 Å². The van der Waals surface area contributed by atoms with Crippen LogP contribution in [0, 0.1) is 23.2 Å². The largest absolute Gasteiger partial charge is 0.347 e. The van der Waals surface area contributed by atoms with E-state index in [2.05, 4.69) is 10.6 Å².